The normalized spacial score (nSPS) is 11.2. The van der Waals surface area contributed by atoms with Crippen molar-refractivity contribution in [3.05, 3.63) is 77.5 Å². The second kappa shape index (κ2) is 7.56. The molecule has 2 N–H and O–H groups in total. The first-order valence-electron chi connectivity index (χ1n) is 8.92. The Balaban J connectivity index is 1.80. The van der Waals surface area contributed by atoms with Crippen LogP contribution in [0.25, 0.3) is 0 Å². The summed E-state index contributed by atoms with van der Waals surface area (Å²) in [6.07, 6.45) is 0. The van der Waals surface area contributed by atoms with Gasteiger partial charge >= 0.3 is 0 Å². The van der Waals surface area contributed by atoms with Crippen LogP contribution in [0, 0.1) is 6.92 Å². The fraction of sp³-hybridized carbons (Fsp3) is 0.273. The van der Waals surface area contributed by atoms with Crippen molar-refractivity contribution in [3.63, 3.8) is 0 Å². The summed E-state index contributed by atoms with van der Waals surface area (Å²) >= 11 is 0. The van der Waals surface area contributed by atoms with E-state index in [9.17, 15) is 0 Å². The molecule has 134 valence electrons. The largest absolute Gasteiger partial charge is 0.350 e. The zero-order chi connectivity index (χ0) is 18.6. The molecule has 0 fully saturated rings. The molecule has 0 amide bonds. The SMILES string of the molecule is Cc1cc(Nc2ccccc2C(C)(C)C)nc(NCc2ccccc2)n1. The van der Waals surface area contributed by atoms with Crippen LogP contribution in [0.3, 0.4) is 0 Å². The van der Waals surface area contributed by atoms with Gasteiger partial charge in [0.05, 0.1) is 0 Å². The van der Waals surface area contributed by atoms with E-state index >= 15 is 0 Å². The summed E-state index contributed by atoms with van der Waals surface area (Å²) in [6, 6.07) is 20.6. The highest BCUT2D eigenvalue weighted by molar-refractivity contribution is 5.63. The number of hydrogen-bond donors (Lipinski definition) is 2. The molecule has 0 atom stereocenters. The molecular weight excluding hydrogens is 320 g/mol. The zero-order valence-corrected chi connectivity index (χ0v) is 15.9. The van der Waals surface area contributed by atoms with Crippen LogP contribution in [0.1, 0.15) is 37.6 Å². The molecule has 0 aliphatic carbocycles. The minimum Gasteiger partial charge on any atom is -0.350 e. The third-order valence-corrected chi connectivity index (χ3v) is 4.15. The van der Waals surface area contributed by atoms with Crippen molar-refractivity contribution in [2.45, 2.75) is 39.7 Å². The molecule has 0 bridgehead atoms. The molecule has 0 aliphatic heterocycles. The van der Waals surface area contributed by atoms with E-state index in [1.54, 1.807) is 0 Å². The van der Waals surface area contributed by atoms with Gasteiger partial charge in [-0.15, -0.1) is 0 Å². The van der Waals surface area contributed by atoms with Crippen LogP contribution in [0.4, 0.5) is 17.5 Å². The summed E-state index contributed by atoms with van der Waals surface area (Å²) in [6.45, 7) is 9.32. The van der Waals surface area contributed by atoms with Crippen molar-refractivity contribution >= 4 is 17.5 Å². The molecule has 4 heteroatoms. The van der Waals surface area contributed by atoms with Crippen molar-refractivity contribution in [2.75, 3.05) is 10.6 Å². The zero-order valence-electron chi connectivity index (χ0n) is 15.9. The number of aromatic nitrogens is 2. The van der Waals surface area contributed by atoms with Crippen LogP contribution in [-0.4, -0.2) is 9.97 Å². The lowest BCUT2D eigenvalue weighted by molar-refractivity contribution is 0.592. The van der Waals surface area contributed by atoms with Crippen LogP contribution in [0.2, 0.25) is 0 Å². The van der Waals surface area contributed by atoms with Crippen molar-refractivity contribution in [2.24, 2.45) is 0 Å². The van der Waals surface area contributed by atoms with Crippen LogP contribution in [-0.2, 0) is 12.0 Å². The van der Waals surface area contributed by atoms with E-state index in [4.69, 9.17) is 0 Å². The second-order valence-electron chi connectivity index (χ2n) is 7.48. The minimum atomic E-state index is 0.0556. The van der Waals surface area contributed by atoms with Crippen molar-refractivity contribution in [1.82, 2.24) is 9.97 Å². The molecule has 0 radical (unpaired) electrons. The Morgan fingerprint density at radius 2 is 1.58 bits per heavy atom. The predicted molar refractivity (Wildman–Crippen MR) is 109 cm³/mol. The van der Waals surface area contributed by atoms with Crippen LogP contribution < -0.4 is 10.6 Å². The molecule has 3 aromatic rings. The molecule has 3 rings (SSSR count). The Morgan fingerprint density at radius 3 is 2.31 bits per heavy atom. The number of rotatable bonds is 5. The minimum absolute atomic E-state index is 0.0556. The third kappa shape index (κ3) is 4.60. The molecule has 4 nitrogen and oxygen atoms in total. The topological polar surface area (TPSA) is 49.8 Å². The van der Waals surface area contributed by atoms with E-state index in [0.717, 1.165) is 17.2 Å². The van der Waals surface area contributed by atoms with Gasteiger partial charge in [0, 0.05) is 24.0 Å². The molecule has 1 heterocycles. The maximum atomic E-state index is 4.63. The van der Waals surface area contributed by atoms with E-state index in [1.807, 2.05) is 37.3 Å². The van der Waals surface area contributed by atoms with E-state index in [0.29, 0.717) is 12.5 Å². The van der Waals surface area contributed by atoms with E-state index in [1.165, 1.54) is 11.1 Å². The molecule has 2 aromatic carbocycles. The van der Waals surface area contributed by atoms with Crippen molar-refractivity contribution < 1.29 is 0 Å². The lowest BCUT2D eigenvalue weighted by Crippen LogP contribution is -2.14. The molecule has 0 saturated carbocycles. The maximum absolute atomic E-state index is 4.63. The number of aryl methyl sites for hydroxylation is 1. The predicted octanol–water partition coefficient (Wildman–Crippen LogP) is 5.44. The molecule has 1 aromatic heterocycles. The number of nitrogens with zero attached hydrogens (tertiary/aromatic N) is 2. The summed E-state index contributed by atoms with van der Waals surface area (Å²) in [5, 5.41) is 6.78. The highest BCUT2D eigenvalue weighted by Gasteiger charge is 2.17. The first-order chi connectivity index (χ1) is 12.4. The van der Waals surface area contributed by atoms with E-state index < -0.39 is 0 Å². The lowest BCUT2D eigenvalue weighted by Gasteiger charge is -2.23. The lowest BCUT2D eigenvalue weighted by atomic mass is 9.86. The van der Waals surface area contributed by atoms with Gasteiger partial charge in [-0.1, -0.05) is 69.3 Å². The van der Waals surface area contributed by atoms with Gasteiger partial charge in [-0.25, -0.2) is 4.98 Å². The molecule has 0 spiro atoms. The van der Waals surface area contributed by atoms with Crippen LogP contribution >= 0.6 is 0 Å². The standard InChI is InChI=1S/C22H26N4/c1-16-14-20(25-19-13-9-8-12-18(19)22(2,3)4)26-21(24-16)23-15-17-10-6-5-7-11-17/h5-14H,15H2,1-4H3,(H2,23,24,25,26). The Bertz CT molecular complexity index is 867. The third-order valence-electron chi connectivity index (χ3n) is 4.15. The summed E-state index contributed by atoms with van der Waals surface area (Å²) in [7, 11) is 0. The van der Waals surface area contributed by atoms with Crippen molar-refractivity contribution in [3.8, 4) is 0 Å². The quantitative estimate of drug-likeness (QED) is 0.646. The van der Waals surface area contributed by atoms with E-state index in [-0.39, 0.29) is 5.41 Å². The molecule has 0 unspecified atom stereocenters. The number of nitrogens with one attached hydrogen (secondary N) is 2. The smallest absolute Gasteiger partial charge is 0.225 e. The summed E-state index contributed by atoms with van der Waals surface area (Å²) < 4.78 is 0. The number of para-hydroxylation sites is 1. The average Bonchev–Trinajstić information content (AvgIpc) is 2.60. The molecule has 0 saturated heterocycles. The summed E-state index contributed by atoms with van der Waals surface area (Å²) in [4.78, 5) is 9.13. The van der Waals surface area contributed by atoms with Gasteiger partial charge in [0.25, 0.3) is 0 Å². The number of anilines is 3. The van der Waals surface area contributed by atoms with Gasteiger partial charge in [0.2, 0.25) is 5.95 Å². The van der Waals surface area contributed by atoms with Gasteiger partial charge in [0.1, 0.15) is 5.82 Å². The number of benzene rings is 2. The maximum Gasteiger partial charge on any atom is 0.225 e. The Kier molecular flexibility index (Phi) is 5.21. The monoisotopic (exact) mass is 346 g/mol. The Morgan fingerprint density at radius 1 is 0.885 bits per heavy atom. The first-order valence-corrected chi connectivity index (χ1v) is 8.92. The summed E-state index contributed by atoms with van der Waals surface area (Å²) in [5.41, 5.74) is 4.51. The van der Waals surface area contributed by atoms with Gasteiger partial charge in [-0.3, -0.25) is 0 Å². The van der Waals surface area contributed by atoms with Crippen LogP contribution in [0.5, 0.6) is 0 Å². The van der Waals surface area contributed by atoms with Crippen molar-refractivity contribution in [1.29, 1.82) is 0 Å². The van der Waals surface area contributed by atoms with Gasteiger partial charge in [0.15, 0.2) is 0 Å². The molecule has 26 heavy (non-hydrogen) atoms. The first kappa shape index (κ1) is 17.9. The average molecular weight is 346 g/mol. The highest BCUT2D eigenvalue weighted by atomic mass is 15.1. The van der Waals surface area contributed by atoms with Gasteiger partial charge < -0.3 is 10.6 Å². The fourth-order valence-electron chi connectivity index (χ4n) is 2.87. The number of hydrogen-bond acceptors (Lipinski definition) is 4. The highest BCUT2D eigenvalue weighted by Crippen LogP contribution is 2.31. The fourth-order valence-corrected chi connectivity index (χ4v) is 2.87. The van der Waals surface area contributed by atoms with E-state index in [2.05, 4.69) is 71.7 Å². The molecule has 0 aliphatic rings. The van der Waals surface area contributed by atoms with Crippen LogP contribution in [0.15, 0.2) is 60.7 Å². The molecular formula is C22H26N4. The Hall–Kier alpha value is -2.88. The Labute approximate surface area is 155 Å². The van der Waals surface area contributed by atoms with Gasteiger partial charge in [-0.05, 0) is 29.5 Å². The van der Waals surface area contributed by atoms with Gasteiger partial charge in [-0.2, -0.15) is 4.98 Å². The summed E-state index contributed by atoms with van der Waals surface area (Å²) in [5.74, 6) is 1.43. The second-order valence-corrected chi connectivity index (χ2v) is 7.48.